The summed E-state index contributed by atoms with van der Waals surface area (Å²) in [6.07, 6.45) is 5.36. The van der Waals surface area contributed by atoms with E-state index in [0.717, 1.165) is 29.7 Å². The van der Waals surface area contributed by atoms with E-state index in [1.54, 1.807) is 7.11 Å². The van der Waals surface area contributed by atoms with E-state index in [9.17, 15) is 4.79 Å². The van der Waals surface area contributed by atoms with Crippen LogP contribution in [0.3, 0.4) is 0 Å². The summed E-state index contributed by atoms with van der Waals surface area (Å²) in [4.78, 5) is 12.9. The van der Waals surface area contributed by atoms with Crippen LogP contribution in [0.25, 0.3) is 0 Å². The summed E-state index contributed by atoms with van der Waals surface area (Å²) in [5, 5.41) is 6.94. The van der Waals surface area contributed by atoms with E-state index < -0.39 is 0 Å². The highest BCUT2D eigenvalue weighted by molar-refractivity contribution is 5.77. The average molecular weight is 364 g/mol. The van der Waals surface area contributed by atoms with E-state index in [4.69, 9.17) is 4.74 Å². The van der Waals surface area contributed by atoms with Gasteiger partial charge in [0, 0.05) is 24.1 Å². The molecular formula is C23H28N2O2. The Morgan fingerprint density at radius 1 is 1.07 bits per heavy atom. The standard InChI is InChI=1S/C23H28N2O2/c1-27-21-10-6-5-9-20(21)23(17-7-3-2-4-8-17)25-22(26)15-16-13-18-11-12-19(14-16)24-18/h2-10,16,18-19,23-24H,11-15H2,1H3,(H,25,26). The lowest BCUT2D eigenvalue weighted by Crippen LogP contribution is -2.40. The number of nitrogens with one attached hydrogen (secondary N) is 2. The molecule has 4 rings (SSSR count). The van der Waals surface area contributed by atoms with Crippen LogP contribution in [0.5, 0.6) is 5.75 Å². The number of para-hydroxylation sites is 1. The summed E-state index contributed by atoms with van der Waals surface area (Å²) in [6.45, 7) is 0. The van der Waals surface area contributed by atoms with Crippen LogP contribution in [0.2, 0.25) is 0 Å². The number of amides is 1. The van der Waals surface area contributed by atoms with Crippen molar-refractivity contribution in [1.82, 2.24) is 10.6 Å². The van der Waals surface area contributed by atoms with Crippen LogP contribution in [-0.2, 0) is 4.79 Å². The SMILES string of the molecule is COc1ccccc1C(NC(=O)CC1CC2CCC(C1)N2)c1ccccc1. The first-order chi connectivity index (χ1) is 13.2. The average Bonchev–Trinajstić information content (AvgIpc) is 3.05. The van der Waals surface area contributed by atoms with Gasteiger partial charge in [0.05, 0.1) is 13.2 Å². The van der Waals surface area contributed by atoms with Crippen LogP contribution >= 0.6 is 0 Å². The van der Waals surface area contributed by atoms with E-state index in [0.29, 0.717) is 24.4 Å². The quantitative estimate of drug-likeness (QED) is 0.819. The molecule has 27 heavy (non-hydrogen) atoms. The Morgan fingerprint density at radius 3 is 2.44 bits per heavy atom. The molecule has 1 amide bonds. The van der Waals surface area contributed by atoms with Gasteiger partial charge in [-0.15, -0.1) is 0 Å². The molecule has 0 aliphatic carbocycles. The van der Waals surface area contributed by atoms with Gasteiger partial charge in [-0.1, -0.05) is 48.5 Å². The second kappa shape index (κ2) is 8.13. The highest BCUT2D eigenvalue weighted by atomic mass is 16.5. The first kappa shape index (κ1) is 18.1. The Balaban J connectivity index is 1.51. The zero-order valence-electron chi connectivity index (χ0n) is 15.9. The van der Waals surface area contributed by atoms with Crippen LogP contribution in [0.15, 0.2) is 54.6 Å². The topological polar surface area (TPSA) is 50.4 Å². The molecule has 2 heterocycles. The number of piperidine rings is 1. The summed E-state index contributed by atoms with van der Waals surface area (Å²) < 4.78 is 5.56. The molecule has 2 aromatic carbocycles. The van der Waals surface area contributed by atoms with Crippen LogP contribution < -0.4 is 15.4 Å². The maximum absolute atomic E-state index is 12.9. The van der Waals surface area contributed by atoms with E-state index in [2.05, 4.69) is 22.8 Å². The lowest BCUT2D eigenvalue weighted by atomic mass is 9.89. The molecule has 3 unspecified atom stereocenters. The van der Waals surface area contributed by atoms with Gasteiger partial charge in [-0.05, 0) is 43.2 Å². The molecule has 0 radical (unpaired) electrons. The predicted molar refractivity (Wildman–Crippen MR) is 107 cm³/mol. The van der Waals surface area contributed by atoms with Gasteiger partial charge in [-0.2, -0.15) is 0 Å². The fourth-order valence-electron chi connectivity index (χ4n) is 4.71. The molecule has 2 bridgehead atoms. The lowest BCUT2D eigenvalue weighted by molar-refractivity contribution is -0.122. The van der Waals surface area contributed by atoms with Gasteiger partial charge in [0.2, 0.25) is 5.91 Å². The van der Waals surface area contributed by atoms with Crippen LogP contribution in [0.4, 0.5) is 0 Å². The van der Waals surface area contributed by atoms with Crippen LogP contribution in [0, 0.1) is 5.92 Å². The van der Waals surface area contributed by atoms with Gasteiger partial charge in [0.15, 0.2) is 0 Å². The summed E-state index contributed by atoms with van der Waals surface area (Å²) in [7, 11) is 1.67. The Hall–Kier alpha value is -2.33. The van der Waals surface area contributed by atoms with Gasteiger partial charge in [-0.25, -0.2) is 0 Å². The van der Waals surface area contributed by atoms with E-state index in [1.807, 2.05) is 42.5 Å². The first-order valence-corrected chi connectivity index (χ1v) is 9.96. The molecule has 142 valence electrons. The number of rotatable bonds is 6. The Bertz CT molecular complexity index is 765. The summed E-state index contributed by atoms with van der Waals surface area (Å²) in [5.41, 5.74) is 2.06. The van der Waals surface area contributed by atoms with Gasteiger partial charge >= 0.3 is 0 Å². The predicted octanol–water partition coefficient (Wildman–Crippen LogP) is 3.82. The van der Waals surface area contributed by atoms with Crippen molar-refractivity contribution >= 4 is 5.91 Å². The number of fused-ring (bicyclic) bond motifs is 2. The molecule has 2 fully saturated rings. The third-order valence-electron chi connectivity index (χ3n) is 5.93. The van der Waals surface area contributed by atoms with Gasteiger partial charge in [0.1, 0.15) is 5.75 Å². The number of hydrogen-bond acceptors (Lipinski definition) is 3. The molecule has 2 N–H and O–H groups in total. The molecule has 4 heteroatoms. The summed E-state index contributed by atoms with van der Waals surface area (Å²) >= 11 is 0. The molecule has 4 nitrogen and oxygen atoms in total. The summed E-state index contributed by atoms with van der Waals surface area (Å²) in [6, 6.07) is 19.1. The van der Waals surface area contributed by atoms with Crippen molar-refractivity contribution in [3.05, 3.63) is 65.7 Å². The van der Waals surface area contributed by atoms with Crippen LogP contribution in [-0.4, -0.2) is 25.1 Å². The zero-order valence-corrected chi connectivity index (χ0v) is 15.9. The van der Waals surface area contributed by atoms with E-state index in [-0.39, 0.29) is 11.9 Å². The van der Waals surface area contributed by atoms with Crippen molar-refractivity contribution in [1.29, 1.82) is 0 Å². The number of carbonyl (C=O) groups is 1. The Kier molecular flexibility index (Phi) is 5.44. The molecule has 2 saturated heterocycles. The number of benzene rings is 2. The minimum absolute atomic E-state index is 0.126. The minimum Gasteiger partial charge on any atom is -0.496 e. The van der Waals surface area contributed by atoms with Crippen molar-refractivity contribution in [2.24, 2.45) is 5.92 Å². The first-order valence-electron chi connectivity index (χ1n) is 9.96. The molecule has 0 aromatic heterocycles. The maximum Gasteiger partial charge on any atom is 0.221 e. The smallest absolute Gasteiger partial charge is 0.221 e. The zero-order chi connectivity index (χ0) is 18.6. The fourth-order valence-corrected chi connectivity index (χ4v) is 4.71. The second-order valence-corrected chi connectivity index (χ2v) is 7.83. The third-order valence-corrected chi connectivity index (χ3v) is 5.93. The van der Waals surface area contributed by atoms with Crippen molar-refractivity contribution in [3.8, 4) is 5.75 Å². The highest BCUT2D eigenvalue weighted by Gasteiger charge is 2.34. The molecular weight excluding hydrogens is 336 g/mol. The van der Waals surface area contributed by atoms with Crippen LogP contribution in [0.1, 0.15) is 49.3 Å². The van der Waals surface area contributed by atoms with Crippen molar-refractivity contribution in [2.75, 3.05) is 7.11 Å². The van der Waals surface area contributed by atoms with E-state index >= 15 is 0 Å². The molecule has 3 atom stereocenters. The fraction of sp³-hybridized carbons (Fsp3) is 0.435. The van der Waals surface area contributed by atoms with Gasteiger partial charge in [-0.3, -0.25) is 4.79 Å². The maximum atomic E-state index is 12.9. The molecule has 0 saturated carbocycles. The molecule has 2 aliphatic heterocycles. The Labute approximate surface area is 161 Å². The van der Waals surface area contributed by atoms with Crippen molar-refractivity contribution < 1.29 is 9.53 Å². The normalized spacial score (nSPS) is 25.0. The monoisotopic (exact) mass is 364 g/mol. The van der Waals surface area contributed by atoms with E-state index in [1.165, 1.54) is 12.8 Å². The molecule has 2 aliphatic rings. The third kappa shape index (κ3) is 4.16. The number of hydrogen-bond donors (Lipinski definition) is 2. The number of methoxy groups -OCH3 is 1. The lowest BCUT2D eigenvalue weighted by Gasteiger charge is -2.29. The highest BCUT2D eigenvalue weighted by Crippen LogP contribution is 2.34. The van der Waals surface area contributed by atoms with Crippen molar-refractivity contribution in [3.63, 3.8) is 0 Å². The largest absolute Gasteiger partial charge is 0.496 e. The van der Waals surface area contributed by atoms with Crippen molar-refractivity contribution in [2.45, 2.75) is 50.2 Å². The summed E-state index contributed by atoms with van der Waals surface area (Å²) in [5.74, 6) is 1.41. The minimum atomic E-state index is -0.201. The number of ether oxygens (including phenoxy) is 1. The molecule has 2 aromatic rings. The second-order valence-electron chi connectivity index (χ2n) is 7.83. The number of carbonyl (C=O) groups excluding carboxylic acids is 1. The van der Waals surface area contributed by atoms with Gasteiger partial charge in [0.25, 0.3) is 0 Å². The molecule has 0 spiro atoms. The van der Waals surface area contributed by atoms with Gasteiger partial charge < -0.3 is 15.4 Å². The Morgan fingerprint density at radius 2 is 1.74 bits per heavy atom.